The molecule has 136 valence electrons. The maximum atomic E-state index is 4.39. The Morgan fingerprint density at radius 1 is 0.545 bits per heavy atom. The van der Waals surface area contributed by atoms with Crippen molar-refractivity contribution in [2.45, 2.75) is 116 Å². The topological polar surface area (TPSA) is 9.23 Å². The first kappa shape index (κ1) is 24.6. The Labute approximate surface area is 148 Å². The molecule has 0 aliphatic rings. The van der Waals surface area contributed by atoms with E-state index in [1.807, 2.05) is 0 Å². The van der Waals surface area contributed by atoms with Crippen molar-refractivity contribution < 1.29 is 4.43 Å². The SMILES string of the molecule is CCCCCCCCCCCCCCCCCC[SiH3].CO[SiH3]. The van der Waals surface area contributed by atoms with Crippen LogP contribution >= 0.6 is 0 Å². The summed E-state index contributed by atoms with van der Waals surface area (Å²) in [6.45, 7) is 2.30. The monoisotopic (exact) mass is 346 g/mol. The summed E-state index contributed by atoms with van der Waals surface area (Å²) in [6.07, 6.45) is 23.7. The van der Waals surface area contributed by atoms with Gasteiger partial charge in [0.2, 0.25) is 0 Å². The molecule has 1 nitrogen and oxygen atoms in total. The van der Waals surface area contributed by atoms with Gasteiger partial charge in [-0.1, -0.05) is 116 Å². The third-order valence-corrected chi connectivity index (χ3v) is 4.91. The standard InChI is InChI=1S/C18H40Si.CH6OSi/c1-2-3-4-5-6-7-8-9-10-11-12-13-14-15-16-17-18-19;1-2-3/h2-18H2,1,19H3;1,3H3. The summed E-state index contributed by atoms with van der Waals surface area (Å²) >= 11 is 0. The minimum absolute atomic E-state index is 0.869. The Hall–Kier alpha value is 0.394. The average molecular weight is 347 g/mol. The van der Waals surface area contributed by atoms with Crippen LogP contribution in [0, 0.1) is 0 Å². The lowest BCUT2D eigenvalue weighted by molar-refractivity contribution is 0.460. The van der Waals surface area contributed by atoms with Gasteiger partial charge in [0.1, 0.15) is 10.5 Å². The van der Waals surface area contributed by atoms with Crippen molar-refractivity contribution >= 4 is 20.7 Å². The van der Waals surface area contributed by atoms with Crippen molar-refractivity contribution in [1.82, 2.24) is 0 Å². The zero-order valence-electron chi connectivity index (χ0n) is 16.4. The molecule has 0 radical (unpaired) electrons. The number of rotatable bonds is 16. The molecule has 0 aromatic rings. The Morgan fingerprint density at radius 3 is 1.00 bits per heavy atom. The predicted molar refractivity (Wildman–Crippen MR) is 111 cm³/mol. The van der Waals surface area contributed by atoms with E-state index < -0.39 is 0 Å². The molecule has 0 saturated carbocycles. The molecule has 22 heavy (non-hydrogen) atoms. The van der Waals surface area contributed by atoms with E-state index in [1.54, 1.807) is 7.11 Å². The van der Waals surface area contributed by atoms with Gasteiger partial charge in [-0.05, 0) is 0 Å². The molecule has 0 aliphatic carbocycles. The second-order valence-corrected chi connectivity index (χ2v) is 8.53. The van der Waals surface area contributed by atoms with Crippen LogP contribution in [0.5, 0.6) is 0 Å². The minimum atomic E-state index is 0.869. The van der Waals surface area contributed by atoms with Crippen LogP contribution in [0.3, 0.4) is 0 Å². The van der Waals surface area contributed by atoms with Crippen molar-refractivity contribution in [2.24, 2.45) is 0 Å². The van der Waals surface area contributed by atoms with Crippen LogP contribution in [0.1, 0.15) is 110 Å². The summed E-state index contributed by atoms with van der Waals surface area (Å²) in [4.78, 5) is 0. The second kappa shape index (κ2) is 26.3. The van der Waals surface area contributed by atoms with Gasteiger partial charge in [-0.15, -0.1) is 0 Å². The summed E-state index contributed by atoms with van der Waals surface area (Å²) in [5.41, 5.74) is 0. The van der Waals surface area contributed by atoms with Crippen molar-refractivity contribution in [1.29, 1.82) is 0 Å². The maximum absolute atomic E-state index is 4.39. The van der Waals surface area contributed by atoms with E-state index in [1.165, 1.54) is 119 Å². The Kier molecular flexibility index (Phi) is 29.5. The molecule has 0 rings (SSSR count). The van der Waals surface area contributed by atoms with Crippen LogP contribution in [0.2, 0.25) is 6.04 Å². The van der Waals surface area contributed by atoms with Crippen molar-refractivity contribution in [2.75, 3.05) is 7.11 Å². The van der Waals surface area contributed by atoms with Crippen LogP contribution in [0.15, 0.2) is 0 Å². The molecule has 0 atom stereocenters. The largest absolute Gasteiger partial charge is 0.431 e. The molecule has 3 heteroatoms. The summed E-state index contributed by atoms with van der Waals surface area (Å²) in [7, 11) is 3.97. The molecule has 0 N–H and O–H groups in total. The molecular weight excluding hydrogens is 300 g/mol. The van der Waals surface area contributed by atoms with Crippen molar-refractivity contribution in [3.05, 3.63) is 0 Å². The zero-order chi connectivity index (χ0) is 16.7. The van der Waals surface area contributed by atoms with E-state index in [2.05, 4.69) is 11.3 Å². The first-order valence-corrected chi connectivity index (χ1v) is 12.5. The number of hydrogen-bond donors (Lipinski definition) is 0. The second-order valence-electron chi connectivity index (χ2n) is 6.71. The van der Waals surface area contributed by atoms with E-state index in [9.17, 15) is 0 Å². The molecule has 0 heterocycles. The third-order valence-electron chi connectivity index (χ3n) is 4.21. The van der Waals surface area contributed by atoms with E-state index in [0.29, 0.717) is 0 Å². The molecule has 0 saturated heterocycles. The van der Waals surface area contributed by atoms with Gasteiger partial charge >= 0.3 is 0 Å². The van der Waals surface area contributed by atoms with E-state index in [0.717, 1.165) is 10.5 Å². The van der Waals surface area contributed by atoms with Gasteiger partial charge in [-0.3, -0.25) is 0 Å². The van der Waals surface area contributed by atoms with Gasteiger partial charge in [0.15, 0.2) is 0 Å². The lowest BCUT2D eigenvalue weighted by Gasteiger charge is -2.03. The molecule has 0 bridgehead atoms. The van der Waals surface area contributed by atoms with Crippen LogP contribution in [-0.4, -0.2) is 27.8 Å². The smallest absolute Gasteiger partial charge is 0.145 e. The van der Waals surface area contributed by atoms with E-state index in [4.69, 9.17) is 0 Å². The predicted octanol–water partition coefficient (Wildman–Crippen LogP) is 4.94. The fourth-order valence-corrected chi connectivity index (χ4v) is 3.30. The highest BCUT2D eigenvalue weighted by atomic mass is 28.2. The summed E-state index contributed by atoms with van der Waals surface area (Å²) in [6, 6.07) is 1.51. The first-order chi connectivity index (χ1) is 10.8. The maximum Gasteiger partial charge on any atom is 0.145 e. The van der Waals surface area contributed by atoms with Gasteiger partial charge < -0.3 is 4.43 Å². The molecule has 0 amide bonds. The van der Waals surface area contributed by atoms with E-state index >= 15 is 0 Å². The normalized spacial score (nSPS) is 10.6. The Bertz CT molecular complexity index is 150. The van der Waals surface area contributed by atoms with Crippen molar-refractivity contribution in [3.63, 3.8) is 0 Å². The molecule has 0 aromatic heterocycles. The highest BCUT2D eigenvalue weighted by Crippen LogP contribution is 2.13. The van der Waals surface area contributed by atoms with Crippen LogP contribution in [-0.2, 0) is 4.43 Å². The molecule has 0 fully saturated rings. The van der Waals surface area contributed by atoms with Crippen molar-refractivity contribution in [3.8, 4) is 0 Å². The minimum Gasteiger partial charge on any atom is -0.431 e. The van der Waals surface area contributed by atoms with Gasteiger partial charge in [0, 0.05) is 17.4 Å². The first-order valence-electron chi connectivity index (χ1n) is 10.2. The van der Waals surface area contributed by atoms with Gasteiger partial charge in [-0.25, -0.2) is 0 Å². The van der Waals surface area contributed by atoms with Crippen LogP contribution in [0.4, 0.5) is 0 Å². The number of unbranched alkanes of at least 4 members (excludes halogenated alkanes) is 15. The third kappa shape index (κ3) is 28.5. The summed E-state index contributed by atoms with van der Waals surface area (Å²) in [5.74, 6) is 0. The van der Waals surface area contributed by atoms with Crippen LogP contribution in [0.25, 0.3) is 0 Å². The molecular formula is C19H46OSi2. The Balaban J connectivity index is 0. The lowest BCUT2D eigenvalue weighted by atomic mass is 10.0. The van der Waals surface area contributed by atoms with E-state index in [-0.39, 0.29) is 0 Å². The van der Waals surface area contributed by atoms with Gasteiger partial charge in [0.05, 0.1) is 0 Å². The van der Waals surface area contributed by atoms with Crippen LogP contribution < -0.4 is 0 Å². The fraction of sp³-hybridized carbons (Fsp3) is 1.00. The van der Waals surface area contributed by atoms with Gasteiger partial charge in [-0.2, -0.15) is 0 Å². The molecule has 0 aliphatic heterocycles. The number of hydrogen-bond acceptors (Lipinski definition) is 1. The zero-order valence-corrected chi connectivity index (χ0v) is 20.4. The molecule has 0 aromatic carbocycles. The lowest BCUT2D eigenvalue weighted by Crippen LogP contribution is -1.83. The molecule has 0 unspecified atom stereocenters. The highest BCUT2D eigenvalue weighted by Gasteiger charge is 1.94. The quantitative estimate of drug-likeness (QED) is 0.284. The fourth-order valence-electron chi connectivity index (χ4n) is 2.80. The highest BCUT2D eigenvalue weighted by molar-refractivity contribution is 6.08. The van der Waals surface area contributed by atoms with Gasteiger partial charge in [0.25, 0.3) is 0 Å². The summed E-state index contributed by atoms with van der Waals surface area (Å²) < 4.78 is 4.39. The Morgan fingerprint density at radius 2 is 0.773 bits per heavy atom. The summed E-state index contributed by atoms with van der Waals surface area (Å²) in [5, 5.41) is 0. The average Bonchev–Trinajstić information content (AvgIpc) is 2.52. The molecule has 0 spiro atoms.